The van der Waals surface area contributed by atoms with E-state index < -0.39 is 0 Å². The first kappa shape index (κ1) is 19.7. The highest BCUT2D eigenvalue weighted by atomic mass is 16.3. The molecule has 0 aliphatic rings. The molecule has 0 saturated carbocycles. The van der Waals surface area contributed by atoms with Gasteiger partial charge in [0, 0.05) is 36.5 Å². The molecule has 0 fully saturated rings. The van der Waals surface area contributed by atoms with Crippen molar-refractivity contribution in [2.45, 2.75) is 12.8 Å². The van der Waals surface area contributed by atoms with Crippen LogP contribution < -0.4 is 0 Å². The topological polar surface area (TPSA) is 38.0 Å². The van der Waals surface area contributed by atoms with E-state index in [1.54, 1.807) is 12.5 Å². The van der Waals surface area contributed by atoms with Gasteiger partial charge in [-0.25, -0.2) is 4.98 Å². The summed E-state index contributed by atoms with van der Waals surface area (Å²) in [6, 6.07) is 28.6. The average Bonchev–Trinajstić information content (AvgIpc) is 3.36. The van der Waals surface area contributed by atoms with Crippen molar-refractivity contribution in [3.05, 3.63) is 126 Å². The summed E-state index contributed by atoms with van der Waals surface area (Å²) in [6.07, 6.45) is 6.86. The molecule has 0 radical (unpaired) electrons. The van der Waals surface area contributed by atoms with Gasteiger partial charge in [0.15, 0.2) is 0 Å². The molecule has 0 unspecified atom stereocenters. The Labute approximate surface area is 187 Å². The van der Waals surface area contributed by atoms with E-state index in [9.17, 15) is 5.11 Å². The van der Waals surface area contributed by atoms with Crippen LogP contribution in [0.15, 0.2) is 104 Å². The van der Waals surface area contributed by atoms with Crippen LogP contribution in [0.1, 0.15) is 22.3 Å². The molecule has 154 valence electrons. The Morgan fingerprint density at radius 3 is 2.44 bits per heavy atom. The third-order valence-electron chi connectivity index (χ3n) is 5.54. The van der Waals surface area contributed by atoms with E-state index in [0.717, 1.165) is 39.6 Å². The fourth-order valence-corrected chi connectivity index (χ4v) is 3.81. The summed E-state index contributed by atoms with van der Waals surface area (Å²) in [5.74, 6) is 6.85. The summed E-state index contributed by atoms with van der Waals surface area (Å²) in [6.45, 7) is 0. The standard InChI is InChI=1S/C29H22N2O/c32-29-20-25-12-9-23(8-4-7-22-5-2-1-3-6-22)17-26(25)19-27(29)18-24-10-13-28(14-11-24)31-16-15-30-21-31/h1-3,5-6,9-17,19-21,32H,7,18H2. The number of aromatic nitrogens is 2. The van der Waals surface area contributed by atoms with Crippen molar-refractivity contribution in [1.29, 1.82) is 0 Å². The summed E-state index contributed by atoms with van der Waals surface area (Å²) in [4.78, 5) is 4.09. The van der Waals surface area contributed by atoms with Crippen LogP contribution >= 0.6 is 0 Å². The molecule has 0 atom stereocenters. The maximum Gasteiger partial charge on any atom is 0.119 e. The minimum absolute atomic E-state index is 0.319. The third kappa shape index (κ3) is 4.40. The van der Waals surface area contributed by atoms with Crippen LogP contribution in [0.5, 0.6) is 5.75 Å². The van der Waals surface area contributed by atoms with Crippen molar-refractivity contribution in [2.75, 3.05) is 0 Å². The van der Waals surface area contributed by atoms with Crippen LogP contribution in [0.2, 0.25) is 0 Å². The Hall–Kier alpha value is -4.29. The third-order valence-corrected chi connectivity index (χ3v) is 5.54. The van der Waals surface area contributed by atoms with Crippen LogP contribution in [-0.2, 0) is 12.8 Å². The lowest BCUT2D eigenvalue weighted by Gasteiger charge is -2.09. The quantitative estimate of drug-likeness (QED) is 0.371. The highest BCUT2D eigenvalue weighted by molar-refractivity contribution is 5.86. The number of rotatable bonds is 4. The van der Waals surface area contributed by atoms with Gasteiger partial charge in [0.25, 0.3) is 0 Å². The van der Waals surface area contributed by atoms with E-state index in [1.165, 1.54) is 5.56 Å². The van der Waals surface area contributed by atoms with Gasteiger partial charge in [-0.15, -0.1) is 0 Å². The summed E-state index contributed by atoms with van der Waals surface area (Å²) >= 11 is 0. The zero-order chi connectivity index (χ0) is 21.8. The molecule has 0 amide bonds. The minimum atomic E-state index is 0.319. The Morgan fingerprint density at radius 2 is 1.66 bits per heavy atom. The molecule has 1 N–H and O–H groups in total. The van der Waals surface area contributed by atoms with E-state index in [4.69, 9.17) is 0 Å². The summed E-state index contributed by atoms with van der Waals surface area (Å²) in [5.41, 5.74) is 5.30. The summed E-state index contributed by atoms with van der Waals surface area (Å²) in [7, 11) is 0. The molecular formula is C29H22N2O. The lowest BCUT2D eigenvalue weighted by Crippen LogP contribution is -1.93. The Balaban J connectivity index is 1.37. The number of aromatic hydroxyl groups is 1. The van der Waals surface area contributed by atoms with E-state index in [0.29, 0.717) is 12.2 Å². The van der Waals surface area contributed by atoms with Crippen molar-refractivity contribution < 1.29 is 5.11 Å². The van der Waals surface area contributed by atoms with Gasteiger partial charge in [0.1, 0.15) is 5.75 Å². The molecule has 0 aliphatic heterocycles. The molecular weight excluding hydrogens is 392 g/mol. The second-order valence-electron chi connectivity index (χ2n) is 7.82. The monoisotopic (exact) mass is 414 g/mol. The number of benzene rings is 4. The minimum Gasteiger partial charge on any atom is -0.508 e. The highest BCUT2D eigenvalue weighted by Crippen LogP contribution is 2.28. The molecule has 0 spiro atoms. The molecule has 3 heteroatoms. The van der Waals surface area contributed by atoms with Gasteiger partial charge in [-0.2, -0.15) is 0 Å². The first-order valence-electron chi connectivity index (χ1n) is 10.6. The first-order valence-corrected chi connectivity index (χ1v) is 10.6. The maximum absolute atomic E-state index is 10.6. The van der Waals surface area contributed by atoms with Crippen LogP contribution in [0.25, 0.3) is 16.5 Å². The largest absolute Gasteiger partial charge is 0.508 e. The van der Waals surface area contributed by atoms with Crippen LogP contribution in [0.4, 0.5) is 0 Å². The van der Waals surface area contributed by atoms with Gasteiger partial charge in [0.2, 0.25) is 0 Å². The Morgan fingerprint density at radius 1 is 0.812 bits per heavy atom. The van der Waals surface area contributed by atoms with Crippen LogP contribution in [0, 0.1) is 11.8 Å². The Kier molecular flexibility index (Phi) is 5.43. The highest BCUT2D eigenvalue weighted by Gasteiger charge is 2.07. The van der Waals surface area contributed by atoms with E-state index in [1.807, 2.05) is 47.2 Å². The molecule has 1 aromatic heterocycles. The van der Waals surface area contributed by atoms with Crippen molar-refractivity contribution in [3.63, 3.8) is 0 Å². The molecule has 32 heavy (non-hydrogen) atoms. The lowest BCUT2D eigenvalue weighted by atomic mass is 9.98. The predicted molar refractivity (Wildman–Crippen MR) is 129 cm³/mol. The summed E-state index contributed by atoms with van der Waals surface area (Å²) in [5, 5.41) is 12.7. The number of phenols is 1. The molecule has 0 aliphatic carbocycles. The number of imidazole rings is 1. The van der Waals surface area contributed by atoms with Gasteiger partial charge in [0.05, 0.1) is 6.33 Å². The zero-order valence-electron chi connectivity index (χ0n) is 17.6. The number of hydrogen-bond donors (Lipinski definition) is 1. The first-order chi connectivity index (χ1) is 15.7. The predicted octanol–water partition coefficient (Wildman–Crippen LogP) is 5.92. The lowest BCUT2D eigenvalue weighted by molar-refractivity contribution is 0.470. The number of nitrogens with zero attached hydrogens (tertiary/aromatic N) is 2. The van der Waals surface area contributed by atoms with E-state index >= 15 is 0 Å². The molecule has 5 aromatic rings. The van der Waals surface area contributed by atoms with Gasteiger partial charge in [-0.1, -0.05) is 60.4 Å². The molecule has 1 heterocycles. The van der Waals surface area contributed by atoms with Crippen LogP contribution in [-0.4, -0.2) is 14.7 Å². The fourth-order valence-electron chi connectivity index (χ4n) is 3.81. The van der Waals surface area contributed by atoms with Crippen molar-refractivity contribution in [1.82, 2.24) is 9.55 Å². The second-order valence-corrected chi connectivity index (χ2v) is 7.82. The van der Waals surface area contributed by atoms with Gasteiger partial charge in [-0.3, -0.25) is 0 Å². The van der Waals surface area contributed by atoms with Gasteiger partial charge >= 0.3 is 0 Å². The van der Waals surface area contributed by atoms with E-state index in [-0.39, 0.29) is 0 Å². The maximum atomic E-state index is 10.6. The van der Waals surface area contributed by atoms with Gasteiger partial charge < -0.3 is 9.67 Å². The average molecular weight is 415 g/mol. The normalized spacial score (nSPS) is 10.6. The number of fused-ring (bicyclic) bond motifs is 1. The molecule has 4 aromatic carbocycles. The zero-order valence-corrected chi connectivity index (χ0v) is 17.6. The fraction of sp³-hybridized carbons (Fsp3) is 0.0690. The molecule has 0 bridgehead atoms. The van der Waals surface area contributed by atoms with Gasteiger partial charge in [-0.05, 0) is 63.9 Å². The Bertz CT molecular complexity index is 1410. The summed E-state index contributed by atoms with van der Waals surface area (Å²) < 4.78 is 1.97. The van der Waals surface area contributed by atoms with E-state index in [2.05, 4.69) is 65.4 Å². The molecule has 3 nitrogen and oxygen atoms in total. The molecule has 5 rings (SSSR count). The number of phenolic OH excluding ortho intramolecular Hbond substituents is 1. The van der Waals surface area contributed by atoms with Crippen molar-refractivity contribution in [3.8, 4) is 23.3 Å². The van der Waals surface area contributed by atoms with Crippen molar-refractivity contribution in [2.24, 2.45) is 0 Å². The van der Waals surface area contributed by atoms with Crippen LogP contribution in [0.3, 0.4) is 0 Å². The number of hydrogen-bond acceptors (Lipinski definition) is 2. The van der Waals surface area contributed by atoms with Crippen molar-refractivity contribution >= 4 is 10.8 Å². The smallest absolute Gasteiger partial charge is 0.119 e. The molecule has 0 saturated heterocycles. The SMILES string of the molecule is Oc1cc2ccc(C#CCc3ccccc3)cc2cc1Cc1ccc(-n2ccnc2)cc1. The second kappa shape index (κ2) is 8.83.